The first-order valence-corrected chi connectivity index (χ1v) is 10.1. The highest BCUT2D eigenvalue weighted by Gasteiger charge is 2.45. The van der Waals surface area contributed by atoms with E-state index in [1.807, 2.05) is 0 Å². The molecular weight excluding hydrogens is 447 g/mol. The Kier molecular flexibility index (Phi) is 6.16. The molecule has 0 unspecified atom stereocenters. The first-order chi connectivity index (χ1) is 15.1. The van der Waals surface area contributed by atoms with Gasteiger partial charge < -0.3 is 14.2 Å². The van der Waals surface area contributed by atoms with Crippen LogP contribution in [0.2, 0.25) is 0 Å². The number of halogens is 5. The van der Waals surface area contributed by atoms with Gasteiger partial charge in [0, 0.05) is 48.2 Å². The Morgan fingerprint density at radius 3 is 2.30 bits per heavy atom. The van der Waals surface area contributed by atoms with Gasteiger partial charge in [0.05, 0.1) is 17.2 Å². The predicted molar refractivity (Wildman–Crippen MR) is 110 cm³/mol. The molecule has 0 radical (unpaired) electrons. The molecule has 1 aromatic heterocycles. The van der Waals surface area contributed by atoms with Crippen molar-refractivity contribution >= 4 is 17.4 Å². The van der Waals surface area contributed by atoms with Crippen molar-refractivity contribution in [1.29, 1.82) is 0 Å². The number of esters is 1. The number of hydrogen-bond donors (Lipinski definition) is 0. The standard InChI is InChI=1S/C23H23F5N2O3/c1-12(2)33-21(32)14-9-30(20(31)13-6-7-16(24)17(25)8-13)11-22(3,4)19-18(14)15(10-29(19)5)23(26,27)28/h6-10,12H,11H2,1-5H3. The Bertz CT molecular complexity index is 1150. The summed E-state index contributed by atoms with van der Waals surface area (Å²) in [6, 6.07) is 2.54. The quantitative estimate of drug-likeness (QED) is 0.466. The van der Waals surface area contributed by atoms with Crippen LogP contribution >= 0.6 is 0 Å². The number of nitrogens with zero attached hydrogens (tertiary/aromatic N) is 2. The predicted octanol–water partition coefficient (Wildman–Crippen LogP) is 5.05. The third kappa shape index (κ3) is 4.65. The lowest BCUT2D eigenvalue weighted by Crippen LogP contribution is -2.38. The topological polar surface area (TPSA) is 51.5 Å². The monoisotopic (exact) mass is 470 g/mol. The van der Waals surface area contributed by atoms with Gasteiger partial charge in [-0.05, 0) is 32.0 Å². The largest absolute Gasteiger partial charge is 0.459 e. The molecule has 0 bridgehead atoms. The summed E-state index contributed by atoms with van der Waals surface area (Å²) in [6.45, 7) is 6.20. The van der Waals surface area contributed by atoms with Gasteiger partial charge in [0.15, 0.2) is 11.6 Å². The first-order valence-electron chi connectivity index (χ1n) is 10.1. The Morgan fingerprint density at radius 1 is 1.12 bits per heavy atom. The second-order valence-corrected chi connectivity index (χ2v) is 8.82. The molecule has 10 heteroatoms. The minimum atomic E-state index is -4.78. The fourth-order valence-corrected chi connectivity index (χ4v) is 4.05. The second kappa shape index (κ2) is 8.31. The zero-order valence-electron chi connectivity index (χ0n) is 18.7. The average molecular weight is 470 g/mol. The van der Waals surface area contributed by atoms with Crippen LogP contribution in [0, 0.1) is 11.6 Å². The molecule has 0 saturated carbocycles. The van der Waals surface area contributed by atoms with Crippen molar-refractivity contribution in [1.82, 2.24) is 9.47 Å². The van der Waals surface area contributed by atoms with E-state index < -0.39 is 52.3 Å². The molecule has 0 aliphatic carbocycles. The Morgan fingerprint density at radius 2 is 1.76 bits per heavy atom. The van der Waals surface area contributed by atoms with E-state index in [0.717, 1.165) is 29.4 Å². The second-order valence-electron chi connectivity index (χ2n) is 8.82. The third-order valence-electron chi connectivity index (χ3n) is 5.24. The first kappa shape index (κ1) is 24.5. The number of fused-ring (bicyclic) bond motifs is 1. The van der Waals surface area contributed by atoms with Crippen LogP contribution in [0.15, 0.2) is 30.6 Å². The van der Waals surface area contributed by atoms with Crippen LogP contribution in [-0.4, -0.2) is 34.0 Å². The molecular formula is C23H23F5N2O3. The van der Waals surface area contributed by atoms with Gasteiger partial charge in [-0.3, -0.25) is 4.79 Å². The normalized spacial score (nSPS) is 15.7. The van der Waals surface area contributed by atoms with Gasteiger partial charge >= 0.3 is 12.1 Å². The molecule has 0 saturated heterocycles. The van der Waals surface area contributed by atoms with Crippen LogP contribution in [-0.2, 0) is 28.2 Å². The number of amides is 1. The average Bonchev–Trinajstić information content (AvgIpc) is 2.97. The van der Waals surface area contributed by atoms with Crippen LogP contribution in [0.3, 0.4) is 0 Å². The summed E-state index contributed by atoms with van der Waals surface area (Å²) in [6.07, 6.45) is -3.52. The van der Waals surface area contributed by atoms with E-state index in [2.05, 4.69) is 0 Å². The van der Waals surface area contributed by atoms with Crippen molar-refractivity contribution < 1.29 is 36.3 Å². The van der Waals surface area contributed by atoms with Crippen LogP contribution in [0.4, 0.5) is 22.0 Å². The number of hydrogen-bond acceptors (Lipinski definition) is 3. The zero-order valence-corrected chi connectivity index (χ0v) is 18.7. The molecule has 0 atom stereocenters. The summed E-state index contributed by atoms with van der Waals surface area (Å²) in [4.78, 5) is 27.1. The van der Waals surface area contributed by atoms with Gasteiger partial charge in [-0.2, -0.15) is 13.2 Å². The lowest BCUT2D eigenvalue weighted by molar-refractivity contribution is -0.140. The van der Waals surface area contributed by atoms with Gasteiger partial charge in [0.2, 0.25) is 0 Å². The highest BCUT2D eigenvalue weighted by molar-refractivity contribution is 6.18. The van der Waals surface area contributed by atoms with Gasteiger partial charge in [-0.15, -0.1) is 0 Å². The zero-order chi connectivity index (χ0) is 24.9. The van der Waals surface area contributed by atoms with E-state index in [1.165, 1.54) is 11.6 Å². The van der Waals surface area contributed by atoms with E-state index in [0.29, 0.717) is 6.07 Å². The minimum absolute atomic E-state index is 0.133. The fourth-order valence-electron chi connectivity index (χ4n) is 4.05. The van der Waals surface area contributed by atoms with Crippen molar-refractivity contribution in [2.45, 2.75) is 45.4 Å². The summed E-state index contributed by atoms with van der Waals surface area (Å²) in [5.41, 5.74) is -2.96. The maximum absolute atomic E-state index is 13.9. The van der Waals surface area contributed by atoms with E-state index in [1.54, 1.807) is 27.7 Å². The Hall–Kier alpha value is -3.17. The SMILES string of the molecule is CC(C)OC(=O)C1=CN(C(=O)c2ccc(F)c(F)c2)CC(C)(C)c2c1c(C(F)(F)F)cn2C. The number of aromatic nitrogens is 1. The van der Waals surface area contributed by atoms with E-state index in [-0.39, 0.29) is 23.4 Å². The van der Waals surface area contributed by atoms with Crippen LogP contribution < -0.4 is 0 Å². The molecule has 0 N–H and O–H groups in total. The highest BCUT2D eigenvalue weighted by Crippen LogP contribution is 2.44. The van der Waals surface area contributed by atoms with Crippen molar-refractivity contribution in [3.05, 3.63) is 64.6 Å². The maximum atomic E-state index is 13.9. The smallest absolute Gasteiger partial charge is 0.418 e. The number of carbonyl (C=O) groups excluding carboxylic acids is 2. The van der Waals surface area contributed by atoms with Gasteiger partial charge in [-0.25, -0.2) is 13.6 Å². The Labute approximate surface area is 187 Å². The lowest BCUT2D eigenvalue weighted by Gasteiger charge is -2.30. The summed E-state index contributed by atoms with van der Waals surface area (Å²) in [5, 5.41) is 0. The maximum Gasteiger partial charge on any atom is 0.418 e. The van der Waals surface area contributed by atoms with Crippen molar-refractivity contribution in [3.63, 3.8) is 0 Å². The van der Waals surface area contributed by atoms with Crippen molar-refractivity contribution in [2.75, 3.05) is 6.54 Å². The summed E-state index contributed by atoms with van der Waals surface area (Å²) in [5.74, 6) is -4.25. The summed E-state index contributed by atoms with van der Waals surface area (Å²) in [7, 11) is 1.42. The molecule has 2 aromatic rings. The fraction of sp³-hybridized carbons (Fsp3) is 0.391. The molecule has 1 amide bonds. The van der Waals surface area contributed by atoms with Crippen molar-refractivity contribution in [3.8, 4) is 0 Å². The van der Waals surface area contributed by atoms with Gasteiger partial charge in [0.25, 0.3) is 5.91 Å². The molecule has 178 valence electrons. The highest BCUT2D eigenvalue weighted by atomic mass is 19.4. The van der Waals surface area contributed by atoms with Crippen LogP contribution in [0.25, 0.3) is 5.57 Å². The van der Waals surface area contributed by atoms with E-state index in [9.17, 15) is 31.5 Å². The van der Waals surface area contributed by atoms with Crippen LogP contribution in [0.1, 0.15) is 54.9 Å². The number of alkyl halides is 3. The number of aryl methyl sites for hydroxylation is 1. The third-order valence-corrected chi connectivity index (χ3v) is 5.24. The number of carbonyl (C=O) groups is 2. The summed E-state index contributed by atoms with van der Waals surface area (Å²) >= 11 is 0. The molecule has 33 heavy (non-hydrogen) atoms. The molecule has 0 spiro atoms. The molecule has 3 rings (SSSR count). The lowest BCUT2D eigenvalue weighted by atomic mass is 9.84. The minimum Gasteiger partial charge on any atom is -0.459 e. The molecule has 0 fully saturated rings. The van der Waals surface area contributed by atoms with Gasteiger partial charge in [0.1, 0.15) is 0 Å². The van der Waals surface area contributed by atoms with Crippen molar-refractivity contribution in [2.24, 2.45) is 7.05 Å². The number of ether oxygens (including phenoxy) is 1. The van der Waals surface area contributed by atoms with Crippen LogP contribution in [0.5, 0.6) is 0 Å². The number of benzene rings is 1. The summed E-state index contributed by atoms with van der Waals surface area (Å²) < 4.78 is 75.3. The Balaban J connectivity index is 2.26. The van der Waals surface area contributed by atoms with E-state index in [4.69, 9.17) is 4.74 Å². The molecule has 1 aliphatic rings. The van der Waals surface area contributed by atoms with Gasteiger partial charge in [-0.1, -0.05) is 13.8 Å². The van der Waals surface area contributed by atoms with E-state index >= 15 is 0 Å². The molecule has 1 aliphatic heterocycles. The molecule has 5 nitrogen and oxygen atoms in total. The molecule has 2 heterocycles. The number of rotatable bonds is 3. The molecule has 1 aromatic carbocycles.